The molecule has 2 aromatic heterocycles. The molecule has 1 unspecified atom stereocenters. The number of anilines is 1. The van der Waals surface area contributed by atoms with Crippen LogP contribution in [-0.4, -0.2) is 66.7 Å². The fourth-order valence-corrected chi connectivity index (χ4v) is 5.45. The molecule has 10 heteroatoms. The van der Waals surface area contributed by atoms with Crippen molar-refractivity contribution >= 4 is 22.4 Å². The maximum absolute atomic E-state index is 13.7. The Kier molecular flexibility index (Phi) is 7.64. The Labute approximate surface area is 190 Å². The van der Waals surface area contributed by atoms with E-state index in [1.165, 1.54) is 24.2 Å². The van der Waals surface area contributed by atoms with E-state index in [-0.39, 0.29) is 18.1 Å². The fourth-order valence-electron chi connectivity index (χ4n) is 4.56. The van der Waals surface area contributed by atoms with Gasteiger partial charge in [-0.3, -0.25) is 14.7 Å². The Bertz CT molecular complexity index is 917. The lowest BCUT2D eigenvalue weighted by Gasteiger charge is -2.42. The number of amides is 1. The number of nitrogens with one attached hydrogen (secondary N) is 1. The maximum Gasteiger partial charge on any atom is 0.263 e. The van der Waals surface area contributed by atoms with Crippen LogP contribution in [0.25, 0.3) is 0 Å². The van der Waals surface area contributed by atoms with Crippen LogP contribution in [0.1, 0.15) is 41.0 Å². The minimum absolute atomic E-state index is 0.00277. The second kappa shape index (κ2) is 10.6. The number of carbonyl (C=O) groups excluding carboxylic acids is 1. The van der Waals surface area contributed by atoms with Crippen molar-refractivity contribution in [3.05, 3.63) is 40.7 Å². The predicted molar refractivity (Wildman–Crippen MR) is 119 cm³/mol. The molecular weight excluding hydrogens is 436 g/mol. The van der Waals surface area contributed by atoms with Gasteiger partial charge in [0, 0.05) is 38.9 Å². The van der Waals surface area contributed by atoms with Gasteiger partial charge in [0.15, 0.2) is 5.13 Å². The number of pyridine rings is 1. The normalized spacial score (nSPS) is 20.5. The molecule has 1 atom stereocenters. The molecular formula is C22H29F2N5O2S. The molecule has 2 fully saturated rings. The average molecular weight is 466 g/mol. The Morgan fingerprint density at radius 2 is 2.03 bits per heavy atom. The molecule has 0 bridgehead atoms. The third-order valence-corrected chi connectivity index (χ3v) is 7.28. The number of hydrogen-bond donors (Lipinski definition) is 1. The predicted octanol–water partition coefficient (Wildman–Crippen LogP) is 3.07. The van der Waals surface area contributed by atoms with Crippen LogP contribution >= 0.6 is 11.3 Å². The zero-order valence-electron chi connectivity index (χ0n) is 18.2. The average Bonchev–Trinajstić information content (AvgIpc) is 3.29. The molecule has 32 heavy (non-hydrogen) atoms. The highest BCUT2D eigenvalue weighted by Crippen LogP contribution is 2.29. The number of carbonyl (C=O) groups is 1. The van der Waals surface area contributed by atoms with Gasteiger partial charge in [0.05, 0.1) is 31.2 Å². The summed E-state index contributed by atoms with van der Waals surface area (Å²) in [6.45, 7) is 4.83. The molecule has 2 aromatic rings. The highest BCUT2D eigenvalue weighted by Gasteiger charge is 2.29. The van der Waals surface area contributed by atoms with Crippen LogP contribution < -0.4 is 10.2 Å². The van der Waals surface area contributed by atoms with Crippen LogP contribution in [0.3, 0.4) is 0 Å². The first-order valence-corrected chi connectivity index (χ1v) is 11.9. The van der Waals surface area contributed by atoms with Gasteiger partial charge >= 0.3 is 0 Å². The summed E-state index contributed by atoms with van der Waals surface area (Å²) in [6.07, 6.45) is 7.12. The van der Waals surface area contributed by atoms with Crippen molar-refractivity contribution < 1.29 is 18.3 Å². The Morgan fingerprint density at radius 3 is 2.78 bits per heavy atom. The van der Waals surface area contributed by atoms with Gasteiger partial charge in [0.2, 0.25) is 0 Å². The van der Waals surface area contributed by atoms with E-state index in [9.17, 15) is 13.6 Å². The van der Waals surface area contributed by atoms with Crippen molar-refractivity contribution in [1.82, 2.24) is 20.2 Å². The number of nitrogens with zero attached hydrogens (tertiary/aromatic N) is 4. The van der Waals surface area contributed by atoms with Gasteiger partial charge in [-0.2, -0.15) is 0 Å². The number of aromatic nitrogens is 2. The monoisotopic (exact) mass is 465 g/mol. The summed E-state index contributed by atoms with van der Waals surface area (Å²) in [6, 6.07) is 1.34. The molecule has 2 aliphatic rings. The molecule has 7 nitrogen and oxygen atoms in total. The van der Waals surface area contributed by atoms with Gasteiger partial charge in [-0.25, -0.2) is 13.8 Å². The maximum atomic E-state index is 13.7. The molecule has 4 rings (SSSR count). The van der Waals surface area contributed by atoms with Crippen molar-refractivity contribution in [3.63, 3.8) is 0 Å². The summed E-state index contributed by atoms with van der Waals surface area (Å²) in [5.74, 6) is -1.24. The number of ether oxygens (including phenoxy) is 1. The van der Waals surface area contributed by atoms with Crippen LogP contribution in [0.15, 0.2) is 18.5 Å². The van der Waals surface area contributed by atoms with Crippen LogP contribution in [0, 0.1) is 17.6 Å². The van der Waals surface area contributed by atoms with Crippen LogP contribution in [0.5, 0.6) is 0 Å². The highest BCUT2D eigenvalue weighted by molar-refractivity contribution is 7.17. The SMILES string of the molecule is COCC1CCCN(C2CCN(c3ncc(C(=O)NCc4ncc(F)cc4F)s3)CC2)C1. The lowest BCUT2D eigenvalue weighted by Crippen LogP contribution is -2.49. The van der Waals surface area contributed by atoms with E-state index in [0.29, 0.717) is 16.8 Å². The van der Waals surface area contributed by atoms with E-state index in [0.717, 1.165) is 63.0 Å². The number of methoxy groups -OCH3 is 1. The summed E-state index contributed by atoms with van der Waals surface area (Å²) >= 11 is 1.33. The Morgan fingerprint density at radius 1 is 1.22 bits per heavy atom. The Hall–Kier alpha value is -2.17. The van der Waals surface area contributed by atoms with Gasteiger partial charge < -0.3 is 15.0 Å². The lowest BCUT2D eigenvalue weighted by molar-refractivity contribution is 0.0609. The summed E-state index contributed by atoms with van der Waals surface area (Å²) in [4.78, 5) is 25.9. The van der Waals surface area contributed by atoms with Crippen LogP contribution in [0.2, 0.25) is 0 Å². The highest BCUT2D eigenvalue weighted by atomic mass is 32.1. The summed E-state index contributed by atoms with van der Waals surface area (Å²) in [7, 11) is 1.78. The lowest BCUT2D eigenvalue weighted by atomic mass is 9.94. The Balaban J connectivity index is 1.27. The van der Waals surface area contributed by atoms with E-state index in [4.69, 9.17) is 4.74 Å². The number of halogens is 2. The fraction of sp³-hybridized carbons (Fsp3) is 0.591. The van der Waals surface area contributed by atoms with Crippen molar-refractivity contribution in [1.29, 1.82) is 0 Å². The van der Waals surface area contributed by atoms with Crippen LogP contribution in [-0.2, 0) is 11.3 Å². The number of thiazole rings is 1. The first-order valence-electron chi connectivity index (χ1n) is 11.1. The van der Waals surface area contributed by atoms with E-state index in [2.05, 4.69) is 25.1 Å². The number of rotatable bonds is 7. The minimum Gasteiger partial charge on any atom is -0.384 e. The standard InChI is InChI=1S/C22H29F2N5O2S/c1-31-14-15-3-2-6-29(13-15)17-4-7-28(8-5-17)22-27-12-20(32-22)21(30)26-11-19-18(24)9-16(23)10-25-19/h9-10,12,15,17H,2-8,11,13-14H2,1H3,(H,26,30). The topological polar surface area (TPSA) is 70.6 Å². The quantitative estimate of drug-likeness (QED) is 0.678. The number of likely N-dealkylation sites (tertiary alicyclic amines) is 1. The molecule has 0 aromatic carbocycles. The summed E-state index contributed by atoms with van der Waals surface area (Å²) in [5.41, 5.74) is -0.00277. The van der Waals surface area contributed by atoms with Crippen molar-refractivity contribution in [2.45, 2.75) is 38.3 Å². The second-order valence-electron chi connectivity index (χ2n) is 8.45. The second-order valence-corrected chi connectivity index (χ2v) is 9.46. The zero-order chi connectivity index (χ0) is 22.5. The molecule has 174 valence electrons. The van der Waals surface area contributed by atoms with Crippen LogP contribution in [0.4, 0.5) is 13.9 Å². The molecule has 1 N–H and O–H groups in total. The van der Waals surface area contributed by atoms with E-state index < -0.39 is 11.6 Å². The van der Waals surface area contributed by atoms with Crippen molar-refractivity contribution in [3.8, 4) is 0 Å². The molecule has 2 saturated heterocycles. The zero-order valence-corrected chi connectivity index (χ0v) is 19.0. The van der Waals surface area contributed by atoms with Gasteiger partial charge in [0.25, 0.3) is 5.91 Å². The summed E-state index contributed by atoms with van der Waals surface area (Å²) < 4.78 is 32.0. The minimum atomic E-state index is -0.777. The van der Waals surface area contributed by atoms with E-state index in [1.807, 2.05) is 0 Å². The van der Waals surface area contributed by atoms with Gasteiger partial charge in [-0.15, -0.1) is 0 Å². The molecule has 0 aliphatic carbocycles. The van der Waals surface area contributed by atoms with Gasteiger partial charge in [-0.1, -0.05) is 11.3 Å². The molecule has 0 saturated carbocycles. The van der Waals surface area contributed by atoms with Crippen molar-refractivity contribution in [2.75, 3.05) is 44.8 Å². The van der Waals surface area contributed by atoms with Crippen molar-refractivity contribution in [2.24, 2.45) is 5.92 Å². The third-order valence-electron chi connectivity index (χ3n) is 6.22. The van der Waals surface area contributed by atoms with Gasteiger partial charge in [0.1, 0.15) is 16.5 Å². The first-order chi connectivity index (χ1) is 15.5. The molecule has 0 spiro atoms. The molecule has 1 amide bonds. The molecule has 0 radical (unpaired) electrons. The molecule has 2 aliphatic heterocycles. The van der Waals surface area contributed by atoms with E-state index >= 15 is 0 Å². The van der Waals surface area contributed by atoms with Gasteiger partial charge in [-0.05, 0) is 38.1 Å². The largest absolute Gasteiger partial charge is 0.384 e. The number of hydrogen-bond acceptors (Lipinski definition) is 7. The molecule has 4 heterocycles. The first kappa shape index (κ1) is 23.0. The summed E-state index contributed by atoms with van der Waals surface area (Å²) in [5, 5.41) is 3.46. The van der Waals surface area contributed by atoms with E-state index in [1.54, 1.807) is 13.3 Å². The smallest absolute Gasteiger partial charge is 0.263 e. The third kappa shape index (κ3) is 5.60. The number of piperidine rings is 2.